The lowest BCUT2D eigenvalue weighted by Crippen LogP contribution is -2.59. The van der Waals surface area contributed by atoms with Gasteiger partial charge in [-0.25, -0.2) is 9.36 Å². The molecule has 0 saturated heterocycles. The number of carboxylic acids is 3. The molecule has 6 aromatic carbocycles. The summed E-state index contributed by atoms with van der Waals surface area (Å²) >= 11 is 0. The van der Waals surface area contributed by atoms with Crippen LogP contribution in [0, 0.1) is 0 Å². The molecule has 73 heavy (non-hydrogen) atoms. The van der Waals surface area contributed by atoms with Gasteiger partial charge in [0, 0.05) is 18.4 Å². The summed E-state index contributed by atoms with van der Waals surface area (Å²) in [6, 6.07) is 39.4. The van der Waals surface area contributed by atoms with Crippen LogP contribution >= 0.6 is 7.82 Å². The van der Waals surface area contributed by atoms with E-state index in [-0.39, 0.29) is 29.9 Å². The number of hydrogen-bond acceptors (Lipinski definition) is 10. The highest BCUT2D eigenvalue weighted by Gasteiger charge is 2.34. The molecule has 19 nitrogen and oxygen atoms in total. The maximum absolute atomic E-state index is 14.5. The largest absolute Gasteiger partial charge is 0.524 e. The van der Waals surface area contributed by atoms with Crippen molar-refractivity contribution < 1.29 is 72.9 Å². The number of phenolic OH excluding ortho intramolecular Hbond substituents is 1. The fraction of sp³-hybridized carbons (Fsp3) is 0.151. The van der Waals surface area contributed by atoms with E-state index in [2.05, 4.69) is 20.5 Å². The fourth-order valence-electron chi connectivity index (χ4n) is 7.68. The lowest BCUT2D eigenvalue weighted by molar-refractivity contribution is -0.148. The molecule has 0 spiro atoms. The van der Waals surface area contributed by atoms with E-state index in [0.717, 1.165) is 33.4 Å². The van der Waals surface area contributed by atoms with E-state index >= 15 is 0 Å². The van der Waals surface area contributed by atoms with Crippen molar-refractivity contribution in [3.05, 3.63) is 203 Å². The number of aliphatic carboxylic acids is 3. The molecule has 0 bridgehead atoms. The molecule has 4 amide bonds. The lowest BCUT2D eigenvalue weighted by atomic mass is 9.85. The number of phosphoric ester groups is 1. The number of rotatable bonds is 23. The first-order chi connectivity index (χ1) is 34.8. The van der Waals surface area contributed by atoms with Crippen molar-refractivity contribution in [1.82, 2.24) is 21.3 Å². The Morgan fingerprint density at radius 1 is 0.438 bits per heavy atom. The summed E-state index contributed by atoms with van der Waals surface area (Å²) in [6.07, 6.45) is -2.82. The zero-order valence-electron chi connectivity index (χ0n) is 38.5. The third kappa shape index (κ3) is 15.8. The Kier molecular flexibility index (Phi) is 18.1. The van der Waals surface area contributed by atoms with Crippen molar-refractivity contribution >= 4 is 60.5 Å². The van der Waals surface area contributed by atoms with Crippen molar-refractivity contribution in [2.75, 3.05) is 0 Å². The minimum absolute atomic E-state index is 0.115. The van der Waals surface area contributed by atoms with Gasteiger partial charge < -0.3 is 46.2 Å². The Morgan fingerprint density at radius 3 is 1.22 bits per heavy atom. The minimum Gasteiger partial charge on any atom is -0.508 e. The zero-order valence-corrected chi connectivity index (χ0v) is 39.4. The summed E-state index contributed by atoms with van der Waals surface area (Å²) in [5, 5.41) is 47.6. The van der Waals surface area contributed by atoms with Crippen molar-refractivity contribution in [3.63, 3.8) is 0 Å². The Hall–Kier alpha value is -8.90. The van der Waals surface area contributed by atoms with Gasteiger partial charge in [0.05, 0.1) is 12.8 Å². The summed E-state index contributed by atoms with van der Waals surface area (Å²) in [4.78, 5) is 110. The van der Waals surface area contributed by atoms with E-state index in [9.17, 15) is 63.2 Å². The number of benzene rings is 6. The van der Waals surface area contributed by atoms with E-state index in [1.54, 1.807) is 24.3 Å². The van der Waals surface area contributed by atoms with E-state index in [4.69, 9.17) is 5.11 Å². The molecule has 0 heterocycles. The van der Waals surface area contributed by atoms with Crippen molar-refractivity contribution in [1.29, 1.82) is 0 Å². The van der Waals surface area contributed by atoms with E-state index in [1.165, 1.54) is 48.5 Å². The number of phenols is 1. The molecule has 4 atom stereocenters. The molecule has 0 saturated carbocycles. The summed E-state index contributed by atoms with van der Waals surface area (Å²) in [5.74, 6) is -9.55. The van der Waals surface area contributed by atoms with Gasteiger partial charge in [-0.1, -0.05) is 127 Å². The molecular weight excluding hydrogens is 964 g/mol. The van der Waals surface area contributed by atoms with Crippen LogP contribution < -0.4 is 25.8 Å². The molecule has 0 aliphatic rings. The second kappa shape index (κ2) is 24.8. The normalized spacial score (nSPS) is 12.6. The van der Waals surface area contributed by atoms with Gasteiger partial charge in [-0.3, -0.25) is 38.6 Å². The van der Waals surface area contributed by atoms with Gasteiger partial charge in [-0.05, 0) is 80.9 Å². The third-order valence-electron chi connectivity index (χ3n) is 11.1. The van der Waals surface area contributed by atoms with Gasteiger partial charge in [-0.15, -0.1) is 0 Å². The standard InChI is InChI=1S/C53H49N4O15P/c58-39-24-16-32(17-25-39)28-42(51(65)56-43(30-45(59)60)52(66)57-44(53(67)68)31-46(61)62)55-50(64)41(29-33-18-26-40(27-19-33)72-73(69,70)71)54-49(63)38-22-20-37(21-23-38)48(36-14-8-3-9-15-36)47(34-10-4-1-5-11-34)35-12-6-2-7-13-35/h1-27,41-44,58H,28-31H2,(H,54,63)(H,55,64)(H,56,65)(H,57,66)(H,59,60)(H,61,62)(H,67,68)(H2,69,70,71). The molecule has 6 rings (SSSR count). The molecule has 0 fully saturated rings. The number of nitrogens with one attached hydrogen (secondary N) is 4. The second-order valence-electron chi connectivity index (χ2n) is 16.5. The van der Waals surface area contributed by atoms with Crippen LogP contribution in [-0.4, -0.2) is 95.9 Å². The fourth-order valence-corrected chi connectivity index (χ4v) is 8.07. The van der Waals surface area contributed by atoms with Crippen LogP contribution in [0.4, 0.5) is 0 Å². The van der Waals surface area contributed by atoms with Crippen LogP contribution in [-0.2, 0) is 46.2 Å². The Morgan fingerprint density at radius 2 is 0.795 bits per heavy atom. The highest BCUT2D eigenvalue weighted by atomic mass is 31.2. The Balaban J connectivity index is 1.34. The van der Waals surface area contributed by atoms with Crippen molar-refractivity contribution in [2.24, 2.45) is 0 Å². The molecule has 376 valence electrons. The molecule has 10 N–H and O–H groups in total. The number of hydrogen-bond donors (Lipinski definition) is 10. The van der Waals surface area contributed by atoms with Gasteiger partial charge in [0.2, 0.25) is 17.7 Å². The summed E-state index contributed by atoms with van der Waals surface area (Å²) in [5.41, 5.74) is 6.08. The number of phosphoric acid groups is 1. The summed E-state index contributed by atoms with van der Waals surface area (Å²) < 4.78 is 16.2. The molecule has 0 aliphatic carbocycles. The molecule has 20 heteroatoms. The first-order valence-electron chi connectivity index (χ1n) is 22.3. The van der Waals surface area contributed by atoms with Crippen LogP contribution in [0.2, 0.25) is 0 Å². The van der Waals surface area contributed by atoms with Crippen LogP contribution in [0.3, 0.4) is 0 Å². The number of amides is 4. The molecule has 0 aromatic heterocycles. The van der Waals surface area contributed by atoms with E-state index in [0.29, 0.717) is 11.1 Å². The molecule has 0 aliphatic heterocycles. The number of carbonyl (C=O) groups excluding carboxylic acids is 4. The Bertz CT molecular complexity index is 2960. The molecular formula is C53H49N4O15P. The molecule has 4 unspecified atom stereocenters. The SMILES string of the molecule is O=C(O)CC(NC(=O)C(CC(=O)O)NC(=O)C(Cc1ccc(O)cc1)NC(=O)C(Cc1ccc(OP(=O)(O)O)cc1)NC(=O)c1ccc(C(=C(c2ccccc2)c2ccccc2)c2ccccc2)cc1)C(=O)O. The maximum Gasteiger partial charge on any atom is 0.524 e. The topological polar surface area (TPSA) is 315 Å². The van der Waals surface area contributed by atoms with Gasteiger partial charge in [0.25, 0.3) is 5.91 Å². The smallest absolute Gasteiger partial charge is 0.508 e. The van der Waals surface area contributed by atoms with Gasteiger partial charge in [0.15, 0.2) is 0 Å². The predicted molar refractivity (Wildman–Crippen MR) is 265 cm³/mol. The van der Waals surface area contributed by atoms with Crippen molar-refractivity contribution in [2.45, 2.75) is 49.9 Å². The summed E-state index contributed by atoms with van der Waals surface area (Å²) in [6.45, 7) is 0. The predicted octanol–water partition coefficient (Wildman–Crippen LogP) is 4.94. The van der Waals surface area contributed by atoms with E-state index < -0.39 is 86.4 Å². The van der Waals surface area contributed by atoms with Crippen LogP contribution in [0.15, 0.2) is 164 Å². The van der Waals surface area contributed by atoms with Gasteiger partial charge >= 0.3 is 25.7 Å². The monoisotopic (exact) mass is 1010 g/mol. The van der Waals surface area contributed by atoms with Gasteiger partial charge in [-0.2, -0.15) is 0 Å². The van der Waals surface area contributed by atoms with Crippen LogP contribution in [0.5, 0.6) is 11.5 Å². The van der Waals surface area contributed by atoms with Crippen LogP contribution in [0.1, 0.15) is 56.6 Å². The molecule has 6 aromatic rings. The number of aromatic hydroxyl groups is 1. The van der Waals surface area contributed by atoms with Gasteiger partial charge in [0.1, 0.15) is 35.7 Å². The number of carbonyl (C=O) groups is 7. The average molecular weight is 1010 g/mol. The van der Waals surface area contributed by atoms with Crippen LogP contribution in [0.25, 0.3) is 11.1 Å². The van der Waals surface area contributed by atoms with E-state index in [1.807, 2.05) is 96.3 Å². The average Bonchev–Trinajstić information content (AvgIpc) is 3.36. The maximum atomic E-state index is 14.5. The minimum atomic E-state index is -4.95. The Labute approximate surface area is 417 Å². The first kappa shape index (κ1) is 53.5. The first-order valence-corrected chi connectivity index (χ1v) is 23.9. The highest BCUT2D eigenvalue weighted by molar-refractivity contribution is 7.46. The molecule has 0 radical (unpaired) electrons. The zero-order chi connectivity index (χ0) is 52.7. The summed E-state index contributed by atoms with van der Waals surface area (Å²) in [7, 11) is -4.95. The number of carboxylic acid groups (broad SMARTS) is 3. The lowest BCUT2D eigenvalue weighted by Gasteiger charge is -2.26. The second-order valence-corrected chi connectivity index (χ2v) is 17.6. The quantitative estimate of drug-likeness (QED) is 0.0300. The third-order valence-corrected chi connectivity index (χ3v) is 11.5. The highest BCUT2D eigenvalue weighted by Crippen LogP contribution is 2.38. The van der Waals surface area contributed by atoms with Crippen molar-refractivity contribution in [3.8, 4) is 11.5 Å².